The summed E-state index contributed by atoms with van der Waals surface area (Å²) >= 11 is 0. The molecule has 0 fully saturated rings. The molecule has 2 aromatic rings. The van der Waals surface area contributed by atoms with Gasteiger partial charge in [0.25, 0.3) is 0 Å². The van der Waals surface area contributed by atoms with Gasteiger partial charge in [-0.2, -0.15) is 0 Å². The highest BCUT2D eigenvalue weighted by atomic mass is 32.2. The quantitative estimate of drug-likeness (QED) is 0.782. The Labute approximate surface area is 142 Å². The molecule has 0 atom stereocenters. The maximum absolute atomic E-state index is 12.3. The molecular formula is C16H22N2O5S. The zero-order chi connectivity index (χ0) is 17.7. The highest BCUT2D eigenvalue weighted by Crippen LogP contribution is 2.28. The standard InChI is InChI=1S/C16H22N2O5S/c1-5-22-14-7-6-13(10-15(14)21-4)8-9-17-24(19,20)16-11(2)18-23-12(16)3/h6-7,10,17H,5,8-9H2,1-4H3. The van der Waals surface area contributed by atoms with Gasteiger partial charge in [0.15, 0.2) is 17.3 Å². The van der Waals surface area contributed by atoms with Crippen molar-refractivity contribution in [2.45, 2.75) is 32.1 Å². The molecule has 0 aliphatic carbocycles. The number of hydrogen-bond acceptors (Lipinski definition) is 6. The second-order valence-electron chi connectivity index (χ2n) is 5.22. The van der Waals surface area contributed by atoms with Crippen LogP contribution in [0.4, 0.5) is 0 Å². The van der Waals surface area contributed by atoms with Crippen molar-refractivity contribution in [3.05, 3.63) is 35.2 Å². The summed E-state index contributed by atoms with van der Waals surface area (Å²) in [6, 6.07) is 5.55. The van der Waals surface area contributed by atoms with Gasteiger partial charge in [-0.3, -0.25) is 0 Å². The first-order valence-electron chi connectivity index (χ1n) is 7.61. The van der Waals surface area contributed by atoms with Gasteiger partial charge in [-0.05, 0) is 44.9 Å². The van der Waals surface area contributed by atoms with E-state index in [9.17, 15) is 8.42 Å². The molecule has 0 unspecified atom stereocenters. The number of rotatable bonds is 8. The minimum atomic E-state index is -3.64. The first-order chi connectivity index (χ1) is 11.4. The molecule has 8 heteroatoms. The number of aromatic nitrogens is 1. The molecule has 0 saturated carbocycles. The molecule has 0 aliphatic rings. The topological polar surface area (TPSA) is 90.7 Å². The maximum Gasteiger partial charge on any atom is 0.245 e. The van der Waals surface area contributed by atoms with Gasteiger partial charge in [0.05, 0.1) is 13.7 Å². The molecule has 24 heavy (non-hydrogen) atoms. The van der Waals surface area contributed by atoms with E-state index >= 15 is 0 Å². The van der Waals surface area contributed by atoms with Crippen LogP contribution in [0.1, 0.15) is 23.9 Å². The van der Waals surface area contributed by atoms with Crippen LogP contribution in [0.15, 0.2) is 27.6 Å². The summed E-state index contributed by atoms with van der Waals surface area (Å²) in [4.78, 5) is 0.103. The van der Waals surface area contributed by atoms with Crippen LogP contribution < -0.4 is 14.2 Å². The van der Waals surface area contributed by atoms with Crippen LogP contribution in [-0.2, 0) is 16.4 Å². The lowest BCUT2D eigenvalue weighted by molar-refractivity contribution is 0.310. The molecule has 0 spiro atoms. The Morgan fingerprint density at radius 3 is 2.58 bits per heavy atom. The maximum atomic E-state index is 12.3. The Morgan fingerprint density at radius 2 is 2.00 bits per heavy atom. The van der Waals surface area contributed by atoms with Crippen LogP contribution in [0, 0.1) is 13.8 Å². The molecule has 0 aliphatic heterocycles. The zero-order valence-electron chi connectivity index (χ0n) is 14.3. The SMILES string of the molecule is CCOc1ccc(CCNS(=O)(=O)c2c(C)noc2C)cc1OC. The van der Waals surface area contributed by atoms with Crippen LogP contribution in [0.3, 0.4) is 0 Å². The van der Waals surface area contributed by atoms with E-state index in [0.29, 0.717) is 30.2 Å². The highest BCUT2D eigenvalue weighted by Gasteiger charge is 2.23. The van der Waals surface area contributed by atoms with Gasteiger partial charge in [0.2, 0.25) is 10.0 Å². The number of nitrogens with zero attached hydrogens (tertiary/aromatic N) is 1. The Hall–Kier alpha value is -2.06. The van der Waals surface area contributed by atoms with Gasteiger partial charge in [-0.1, -0.05) is 11.2 Å². The first kappa shape index (κ1) is 18.3. The smallest absolute Gasteiger partial charge is 0.245 e. The van der Waals surface area contributed by atoms with E-state index in [2.05, 4.69) is 9.88 Å². The number of nitrogens with one attached hydrogen (secondary N) is 1. The normalized spacial score (nSPS) is 11.5. The Morgan fingerprint density at radius 1 is 1.25 bits per heavy atom. The van der Waals surface area contributed by atoms with E-state index in [-0.39, 0.29) is 17.2 Å². The Balaban J connectivity index is 2.04. The fourth-order valence-corrected chi connectivity index (χ4v) is 3.76. The van der Waals surface area contributed by atoms with Crippen molar-refractivity contribution in [1.82, 2.24) is 9.88 Å². The van der Waals surface area contributed by atoms with Crippen molar-refractivity contribution in [1.29, 1.82) is 0 Å². The Bertz CT molecular complexity index is 779. The number of aryl methyl sites for hydroxylation is 2. The third-order valence-corrected chi connectivity index (χ3v) is 5.17. The summed E-state index contributed by atoms with van der Waals surface area (Å²) in [5, 5.41) is 3.67. The number of benzene rings is 1. The van der Waals surface area contributed by atoms with Crippen molar-refractivity contribution < 1.29 is 22.4 Å². The van der Waals surface area contributed by atoms with Gasteiger partial charge in [0, 0.05) is 6.54 Å². The third kappa shape index (κ3) is 4.07. The fraction of sp³-hybridized carbons (Fsp3) is 0.438. The molecule has 2 rings (SSSR count). The predicted molar refractivity (Wildman–Crippen MR) is 89.0 cm³/mol. The average molecular weight is 354 g/mol. The predicted octanol–water partition coefficient (Wildman–Crippen LogP) is 2.22. The van der Waals surface area contributed by atoms with E-state index in [0.717, 1.165) is 5.56 Å². The van der Waals surface area contributed by atoms with Crippen molar-refractivity contribution in [3.8, 4) is 11.5 Å². The lowest BCUT2D eigenvalue weighted by atomic mass is 10.1. The van der Waals surface area contributed by atoms with Crippen LogP contribution >= 0.6 is 0 Å². The van der Waals surface area contributed by atoms with Gasteiger partial charge >= 0.3 is 0 Å². The number of hydrogen-bond donors (Lipinski definition) is 1. The van der Waals surface area contributed by atoms with Crippen LogP contribution in [0.25, 0.3) is 0 Å². The van der Waals surface area contributed by atoms with Gasteiger partial charge in [0.1, 0.15) is 10.6 Å². The first-order valence-corrected chi connectivity index (χ1v) is 9.09. The second kappa shape index (κ2) is 7.67. The number of methoxy groups -OCH3 is 1. The molecule has 0 radical (unpaired) electrons. The van der Waals surface area contributed by atoms with Crippen LogP contribution in [0.5, 0.6) is 11.5 Å². The van der Waals surface area contributed by atoms with Gasteiger partial charge in [-0.25, -0.2) is 13.1 Å². The summed E-state index contributed by atoms with van der Waals surface area (Å²) < 4.78 is 42.9. The lowest BCUT2D eigenvalue weighted by Crippen LogP contribution is -2.26. The largest absolute Gasteiger partial charge is 0.493 e. The molecule has 1 heterocycles. The van der Waals surface area contributed by atoms with E-state index in [4.69, 9.17) is 14.0 Å². The number of sulfonamides is 1. The van der Waals surface area contributed by atoms with E-state index in [1.54, 1.807) is 21.0 Å². The molecule has 0 bridgehead atoms. The zero-order valence-corrected chi connectivity index (χ0v) is 15.1. The van der Waals surface area contributed by atoms with Crippen LogP contribution in [0.2, 0.25) is 0 Å². The molecule has 1 aromatic heterocycles. The second-order valence-corrected chi connectivity index (χ2v) is 6.92. The minimum absolute atomic E-state index is 0.103. The minimum Gasteiger partial charge on any atom is -0.493 e. The summed E-state index contributed by atoms with van der Waals surface area (Å²) in [5.41, 5.74) is 1.29. The van der Waals surface area contributed by atoms with E-state index in [1.807, 2.05) is 25.1 Å². The average Bonchev–Trinajstić information content (AvgIpc) is 2.88. The molecule has 7 nitrogen and oxygen atoms in total. The fourth-order valence-electron chi connectivity index (χ4n) is 2.40. The van der Waals surface area contributed by atoms with Gasteiger partial charge in [-0.15, -0.1) is 0 Å². The summed E-state index contributed by atoms with van der Waals surface area (Å²) in [6.45, 7) is 5.88. The molecule has 0 saturated heterocycles. The van der Waals surface area contributed by atoms with E-state index < -0.39 is 10.0 Å². The van der Waals surface area contributed by atoms with Crippen molar-refractivity contribution in [3.63, 3.8) is 0 Å². The molecule has 132 valence electrons. The third-order valence-electron chi connectivity index (χ3n) is 3.47. The Kier molecular flexibility index (Phi) is 5.84. The summed E-state index contributed by atoms with van der Waals surface area (Å²) in [5.74, 6) is 1.57. The summed E-state index contributed by atoms with van der Waals surface area (Å²) in [7, 11) is -2.07. The lowest BCUT2D eigenvalue weighted by Gasteiger charge is -2.11. The molecule has 0 amide bonds. The van der Waals surface area contributed by atoms with Crippen molar-refractivity contribution in [2.24, 2.45) is 0 Å². The molecular weight excluding hydrogens is 332 g/mol. The molecule has 1 aromatic carbocycles. The molecule has 1 N–H and O–H groups in total. The van der Waals surface area contributed by atoms with Crippen LogP contribution in [-0.4, -0.2) is 33.8 Å². The van der Waals surface area contributed by atoms with Crippen molar-refractivity contribution in [2.75, 3.05) is 20.3 Å². The summed E-state index contributed by atoms with van der Waals surface area (Å²) in [6.07, 6.45) is 0.519. The monoisotopic (exact) mass is 354 g/mol. The van der Waals surface area contributed by atoms with Crippen molar-refractivity contribution >= 4 is 10.0 Å². The van der Waals surface area contributed by atoms with E-state index in [1.165, 1.54) is 0 Å². The highest BCUT2D eigenvalue weighted by molar-refractivity contribution is 7.89. The van der Waals surface area contributed by atoms with Gasteiger partial charge < -0.3 is 14.0 Å². The number of ether oxygens (including phenoxy) is 2.